The third-order valence-electron chi connectivity index (χ3n) is 6.59. The maximum atomic E-state index is 12.4. The highest BCUT2D eigenvalue weighted by Gasteiger charge is 2.33. The number of nitrogens with one attached hydrogen (secondary N) is 1. The van der Waals surface area contributed by atoms with E-state index in [0.717, 1.165) is 62.4 Å². The molecule has 0 saturated carbocycles. The Hall–Kier alpha value is -2.52. The standard InChI is InChI=1S/C23H34N6OS.C2H4O/c1-15(2)23(30)28-9-7-22-20(12-28)26-17(4)29(22)18-10-16(3)27(11-18)8-6-19(24-5)21-13-31-14-25-21;1-2-3/h13-15,18-19,24H,3,6-12H2,1-2,4-5H3;2H,1H3. The van der Waals surface area contributed by atoms with E-state index in [-0.39, 0.29) is 17.9 Å². The number of carbonyl (C=O) groups excluding carboxylic acids is 2. The van der Waals surface area contributed by atoms with Gasteiger partial charge in [-0.15, -0.1) is 11.3 Å². The monoisotopic (exact) mass is 486 g/mol. The van der Waals surface area contributed by atoms with Gasteiger partial charge in [0.15, 0.2) is 0 Å². The zero-order valence-electron chi connectivity index (χ0n) is 21.1. The number of hydrogen-bond acceptors (Lipinski definition) is 7. The molecule has 0 aliphatic carbocycles. The van der Waals surface area contributed by atoms with Crippen LogP contribution in [0.15, 0.2) is 23.2 Å². The molecule has 8 nitrogen and oxygen atoms in total. The number of hydrogen-bond donors (Lipinski definition) is 1. The third kappa shape index (κ3) is 5.75. The topological polar surface area (TPSA) is 83.4 Å². The minimum absolute atomic E-state index is 0.0298. The second-order valence-corrected chi connectivity index (χ2v) is 9.95. The first-order chi connectivity index (χ1) is 16.3. The summed E-state index contributed by atoms with van der Waals surface area (Å²) in [6, 6.07) is 0.633. The Bertz CT molecular complexity index is 984. The average Bonchev–Trinajstić information content (AvgIpc) is 3.52. The van der Waals surface area contributed by atoms with Gasteiger partial charge in [-0.3, -0.25) is 4.79 Å². The van der Waals surface area contributed by atoms with Crippen molar-refractivity contribution in [2.75, 3.05) is 26.7 Å². The minimum Gasteiger partial charge on any atom is -0.373 e. The number of likely N-dealkylation sites (tertiary alicyclic amines) is 1. The van der Waals surface area contributed by atoms with Gasteiger partial charge < -0.3 is 24.5 Å². The van der Waals surface area contributed by atoms with Crippen LogP contribution in [-0.4, -0.2) is 63.2 Å². The zero-order valence-corrected chi connectivity index (χ0v) is 21.9. The molecule has 2 aromatic heterocycles. The Morgan fingerprint density at radius 3 is 2.76 bits per heavy atom. The van der Waals surface area contributed by atoms with Gasteiger partial charge >= 0.3 is 0 Å². The van der Waals surface area contributed by atoms with E-state index >= 15 is 0 Å². The highest BCUT2D eigenvalue weighted by atomic mass is 32.1. The minimum atomic E-state index is 0.0298. The third-order valence-corrected chi connectivity index (χ3v) is 7.20. The molecule has 4 heterocycles. The molecule has 1 fully saturated rings. The first-order valence-corrected chi connectivity index (χ1v) is 13.0. The molecule has 2 aromatic rings. The van der Waals surface area contributed by atoms with Gasteiger partial charge in [-0.1, -0.05) is 20.4 Å². The maximum Gasteiger partial charge on any atom is 0.225 e. The van der Waals surface area contributed by atoms with E-state index in [0.29, 0.717) is 12.6 Å². The Labute approximate surface area is 207 Å². The number of imidazole rings is 1. The fourth-order valence-electron chi connectivity index (χ4n) is 4.97. The molecule has 0 radical (unpaired) electrons. The van der Waals surface area contributed by atoms with Gasteiger partial charge in [0.25, 0.3) is 0 Å². The van der Waals surface area contributed by atoms with Gasteiger partial charge in [-0.05, 0) is 27.3 Å². The van der Waals surface area contributed by atoms with E-state index in [2.05, 4.69) is 38.7 Å². The maximum absolute atomic E-state index is 12.4. The predicted octanol–water partition coefficient (Wildman–Crippen LogP) is 3.51. The van der Waals surface area contributed by atoms with Crippen molar-refractivity contribution in [2.45, 2.75) is 65.6 Å². The molecule has 2 unspecified atom stereocenters. The lowest BCUT2D eigenvalue weighted by Gasteiger charge is -2.29. The zero-order chi connectivity index (χ0) is 24.8. The van der Waals surface area contributed by atoms with Crippen molar-refractivity contribution in [3.05, 3.63) is 46.1 Å². The van der Waals surface area contributed by atoms with E-state index in [1.54, 1.807) is 11.3 Å². The summed E-state index contributed by atoms with van der Waals surface area (Å²) < 4.78 is 2.42. The lowest BCUT2D eigenvalue weighted by Crippen LogP contribution is -2.39. The summed E-state index contributed by atoms with van der Waals surface area (Å²) in [6.45, 7) is 15.2. The van der Waals surface area contributed by atoms with E-state index < -0.39 is 0 Å². The summed E-state index contributed by atoms with van der Waals surface area (Å²) in [7, 11) is 2.00. The second-order valence-electron chi connectivity index (χ2n) is 9.24. The van der Waals surface area contributed by atoms with Crippen LogP contribution in [0.2, 0.25) is 0 Å². The van der Waals surface area contributed by atoms with Crippen LogP contribution in [0.1, 0.15) is 68.6 Å². The molecule has 9 heteroatoms. The largest absolute Gasteiger partial charge is 0.373 e. The van der Waals surface area contributed by atoms with E-state index in [4.69, 9.17) is 9.78 Å². The van der Waals surface area contributed by atoms with Crippen molar-refractivity contribution in [3.8, 4) is 0 Å². The summed E-state index contributed by atoms with van der Waals surface area (Å²) in [5, 5.41) is 5.52. The molecule has 1 amide bonds. The Morgan fingerprint density at radius 1 is 1.41 bits per heavy atom. The number of carbonyl (C=O) groups is 2. The van der Waals surface area contributed by atoms with Crippen molar-refractivity contribution >= 4 is 23.5 Å². The predicted molar refractivity (Wildman–Crippen MR) is 136 cm³/mol. The van der Waals surface area contributed by atoms with Gasteiger partial charge in [0.1, 0.15) is 12.1 Å². The van der Waals surface area contributed by atoms with Crippen molar-refractivity contribution in [3.63, 3.8) is 0 Å². The molecule has 2 aliphatic heterocycles. The first kappa shape index (κ1) is 26.1. The number of amides is 1. The average molecular weight is 487 g/mol. The quantitative estimate of drug-likeness (QED) is 0.603. The Balaban J connectivity index is 0.00000103. The Kier molecular flexibility index (Phi) is 9.02. The summed E-state index contributed by atoms with van der Waals surface area (Å²) in [6.07, 6.45) is 3.59. The first-order valence-electron chi connectivity index (χ1n) is 12.0. The molecule has 2 aliphatic rings. The second kappa shape index (κ2) is 11.8. The number of aryl methyl sites for hydroxylation is 1. The Morgan fingerprint density at radius 2 is 2.15 bits per heavy atom. The molecular formula is C25H38N6O2S. The molecular weight excluding hydrogens is 448 g/mol. The molecule has 1 saturated heterocycles. The number of fused-ring (bicyclic) bond motifs is 1. The van der Waals surface area contributed by atoms with Crippen LogP contribution >= 0.6 is 11.3 Å². The highest BCUT2D eigenvalue weighted by molar-refractivity contribution is 7.07. The van der Waals surface area contributed by atoms with Crippen LogP contribution in [0.4, 0.5) is 0 Å². The summed E-state index contributed by atoms with van der Waals surface area (Å²) in [5.74, 6) is 1.30. The van der Waals surface area contributed by atoms with Gasteiger partial charge in [-0.2, -0.15) is 0 Å². The van der Waals surface area contributed by atoms with Crippen LogP contribution in [0.25, 0.3) is 0 Å². The van der Waals surface area contributed by atoms with Gasteiger partial charge in [0, 0.05) is 55.2 Å². The molecule has 0 spiro atoms. The van der Waals surface area contributed by atoms with Gasteiger partial charge in [0.2, 0.25) is 5.91 Å². The van der Waals surface area contributed by atoms with Crippen LogP contribution < -0.4 is 5.32 Å². The van der Waals surface area contributed by atoms with Crippen LogP contribution in [0.5, 0.6) is 0 Å². The smallest absolute Gasteiger partial charge is 0.225 e. The molecule has 2 atom stereocenters. The van der Waals surface area contributed by atoms with Gasteiger partial charge in [-0.25, -0.2) is 9.97 Å². The van der Waals surface area contributed by atoms with Crippen LogP contribution in [0.3, 0.4) is 0 Å². The summed E-state index contributed by atoms with van der Waals surface area (Å²) in [5.41, 5.74) is 6.59. The van der Waals surface area contributed by atoms with E-state index in [1.807, 2.05) is 31.3 Å². The molecule has 0 bridgehead atoms. The van der Waals surface area contributed by atoms with Crippen molar-refractivity contribution in [1.82, 2.24) is 29.7 Å². The lowest BCUT2D eigenvalue weighted by atomic mass is 10.1. The highest BCUT2D eigenvalue weighted by Crippen LogP contribution is 2.34. The van der Waals surface area contributed by atoms with Gasteiger partial charge in [0.05, 0.1) is 35.5 Å². The fourth-order valence-corrected chi connectivity index (χ4v) is 5.58. The number of nitrogens with zero attached hydrogens (tertiary/aromatic N) is 5. The van der Waals surface area contributed by atoms with Crippen molar-refractivity contribution in [2.24, 2.45) is 5.92 Å². The van der Waals surface area contributed by atoms with E-state index in [9.17, 15) is 4.79 Å². The van der Waals surface area contributed by atoms with Crippen molar-refractivity contribution < 1.29 is 9.59 Å². The fraction of sp³-hybridized carbons (Fsp3) is 0.600. The van der Waals surface area contributed by atoms with Crippen LogP contribution in [0, 0.1) is 12.8 Å². The molecule has 0 aromatic carbocycles. The number of allylic oxidation sites excluding steroid dienone is 1. The number of rotatable bonds is 7. The SMILES string of the molecule is C=C1CC(n2c(C)nc3c2CCN(C(=O)C(C)C)C3)CN1CCC(NC)c1cscn1.CC=O. The van der Waals surface area contributed by atoms with Crippen molar-refractivity contribution in [1.29, 1.82) is 0 Å². The number of aldehydes is 1. The number of aromatic nitrogens is 3. The normalized spacial score (nSPS) is 18.5. The molecule has 34 heavy (non-hydrogen) atoms. The number of thiazole rings is 1. The molecule has 4 rings (SSSR count). The lowest BCUT2D eigenvalue weighted by molar-refractivity contribution is -0.135. The molecule has 186 valence electrons. The summed E-state index contributed by atoms with van der Waals surface area (Å²) >= 11 is 1.64. The molecule has 1 N–H and O–H groups in total. The van der Waals surface area contributed by atoms with E-state index in [1.165, 1.54) is 18.3 Å². The van der Waals surface area contributed by atoms with Crippen LogP contribution in [-0.2, 0) is 22.6 Å². The summed E-state index contributed by atoms with van der Waals surface area (Å²) in [4.78, 5) is 35.0.